The zero-order chi connectivity index (χ0) is 16.3. The molecule has 1 aromatic heterocycles. The molecule has 0 radical (unpaired) electrons. The molecule has 1 saturated heterocycles. The molecule has 0 aromatic carbocycles. The molecule has 0 spiro atoms. The van der Waals surface area contributed by atoms with E-state index in [-0.39, 0.29) is 29.3 Å². The van der Waals surface area contributed by atoms with Gasteiger partial charge in [-0.3, -0.25) is 9.59 Å². The summed E-state index contributed by atoms with van der Waals surface area (Å²) in [5.41, 5.74) is 0. The normalized spacial score (nSPS) is 15.8. The number of amides is 2. The highest BCUT2D eigenvalue weighted by Gasteiger charge is 2.26. The molecular weight excluding hydrogens is 288 g/mol. The van der Waals surface area contributed by atoms with Gasteiger partial charge in [-0.25, -0.2) is 4.79 Å². The van der Waals surface area contributed by atoms with Gasteiger partial charge in [-0.2, -0.15) is 0 Å². The van der Waals surface area contributed by atoms with Gasteiger partial charge in [0.15, 0.2) is 5.76 Å². The third kappa shape index (κ3) is 3.47. The average molecular weight is 308 g/mol. The van der Waals surface area contributed by atoms with Crippen LogP contribution < -0.4 is 0 Å². The minimum Gasteiger partial charge on any atom is -0.475 e. The van der Waals surface area contributed by atoms with E-state index in [1.165, 1.54) is 12.1 Å². The molecule has 1 aliphatic rings. The molecule has 0 saturated carbocycles. The van der Waals surface area contributed by atoms with Gasteiger partial charge in [0.25, 0.3) is 5.91 Å². The first kappa shape index (κ1) is 16.1. The number of hydrogen-bond acceptors (Lipinski definition) is 4. The van der Waals surface area contributed by atoms with Crippen molar-refractivity contribution in [1.82, 2.24) is 9.80 Å². The second kappa shape index (κ2) is 6.64. The number of nitrogens with zero attached hydrogens (tertiary/aromatic N) is 2. The average Bonchev–Trinajstić information content (AvgIpc) is 2.84. The molecule has 120 valence electrons. The van der Waals surface area contributed by atoms with Crippen LogP contribution in [0.2, 0.25) is 0 Å². The van der Waals surface area contributed by atoms with E-state index in [0.29, 0.717) is 32.6 Å². The molecule has 2 heterocycles. The molecule has 1 aliphatic heterocycles. The molecule has 0 atom stereocenters. The van der Waals surface area contributed by atoms with Gasteiger partial charge in [0.1, 0.15) is 0 Å². The van der Waals surface area contributed by atoms with Gasteiger partial charge in [0.2, 0.25) is 11.7 Å². The first-order valence-corrected chi connectivity index (χ1v) is 7.31. The Hall–Kier alpha value is -2.31. The Balaban J connectivity index is 2.02. The highest BCUT2D eigenvalue weighted by atomic mass is 16.4. The van der Waals surface area contributed by atoms with Crippen LogP contribution in [0.25, 0.3) is 0 Å². The van der Waals surface area contributed by atoms with Gasteiger partial charge in [-0.05, 0) is 18.6 Å². The minimum atomic E-state index is -1.20. The third-order valence-electron chi connectivity index (χ3n) is 3.62. The molecule has 1 N–H and O–H groups in total. The van der Waals surface area contributed by atoms with Gasteiger partial charge in [0, 0.05) is 32.1 Å². The van der Waals surface area contributed by atoms with Crippen LogP contribution in [0.15, 0.2) is 16.5 Å². The Bertz CT molecular complexity index is 578. The van der Waals surface area contributed by atoms with Crippen molar-refractivity contribution in [2.45, 2.75) is 20.3 Å². The van der Waals surface area contributed by atoms with E-state index in [9.17, 15) is 14.4 Å². The summed E-state index contributed by atoms with van der Waals surface area (Å²) in [6.07, 6.45) is 0.691. The Morgan fingerprint density at radius 3 is 2.23 bits per heavy atom. The number of carboxylic acid groups (broad SMARTS) is 1. The van der Waals surface area contributed by atoms with Crippen molar-refractivity contribution in [3.63, 3.8) is 0 Å². The maximum Gasteiger partial charge on any atom is 0.371 e. The van der Waals surface area contributed by atoms with Crippen molar-refractivity contribution in [2.75, 3.05) is 26.2 Å². The highest BCUT2D eigenvalue weighted by Crippen LogP contribution is 2.14. The Morgan fingerprint density at radius 1 is 1.05 bits per heavy atom. The van der Waals surface area contributed by atoms with E-state index < -0.39 is 5.97 Å². The largest absolute Gasteiger partial charge is 0.475 e. The summed E-state index contributed by atoms with van der Waals surface area (Å²) in [4.78, 5) is 38.5. The van der Waals surface area contributed by atoms with Gasteiger partial charge in [-0.1, -0.05) is 13.8 Å². The second-order valence-electron chi connectivity index (χ2n) is 5.59. The van der Waals surface area contributed by atoms with Crippen molar-refractivity contribution in [3.05, 3.63) is 23.7 Å². The number of carbonyl (C=O) groups is 3. The standard InChI is InChI=1S/C15H20N2O5/c1-10(2)13(18)16-6-3-7-17(9-8-16)14(19)11-4-5-12(22-11)15(20)21/h4-5,10H,3,6-9H2,1-2H3,(H,20,21). The molecule has 2 rings (SSSR count). The van der Waals surface area contributed by atoms with Crippen LogP contribution in [0, 0.1) is 5.92 Å². The number of carboxylic acids is 1. The van der Waals surface area contributed by atoms with E-state index in [0.717, 1.165) is 0 Å². The Morgan fingerprint density at radius 2 is 1.64 bits per heavy atom. The number of carbonyl (C=O) groups excluding carboxylic acids is 2. The van der Waals surface area contributed by atoms with E-state index in [1.807, 2.05) is 13.8 Å². The summed E-state index contributed by atoms with van der Waals surface area (Å²) < 4.78 is 5.04. The number of hydrogen-bond donors (Lipinski definition) is 1. The molecule has 0 unspecified atom stereocenters. The van der Waals surface area contributed by atoms with Crippen LogP contribution in [-0.4, -0.2) is 58.9 Å². The van der Waals surface area contributed by atoms with E-state index in [4.69, 9.17) is 9.52 Å². The highest BCUT2D eigenvalue weighted by molar-refractivity contribution is 5.93. The summed E-state index contributed by atoms with van der Waals surface area (Å²) >= 11 is 0. The molecule has 1 aromatic rings. The van der Waals surface area contributed by atoms with Crippen LogP contribution in [-0.2, 0) is 4.79 Å². The van der Waals surface area contributed by atoms with Crippen LogP contribution in [0.4, 0.5) is 0 Å². The lowest BCUT2D eigenvalue weighted by Crippen LogP contribution is -2.38. The van der Waals surface area contributed by atoms with Gasteiger partial charge >= 0.3 is 5.97 Å². The fourth-order valence-electron chi connectivity index (χ4n) is 2.43. The van der Waals surface area contributed by atoms with Crippen LogP contribution in [0.1, 0.15) is 41.4 Å². The van der Waals surface area contributed by atoms with Crippen LogP contribution >= 0.6 is 0 Å². The lowest BCUT2D eigenvalue weighted by molar-refractivity contribution is -0.134. The predicted octanol–water partition coefficient (Wildman–Crippen LogP) is 1.31. The quantitative estimate of drug-likeness (QED) is 0.909. The number of rotatable bonds is 3. The van der Waals surface area contributed by atoms with Crippen LogP contribution in [0.5, 0.6) is 0 Å². The predicted molar refractivity (Wildman–Crippen MR) is 77.6 cm³/mol. The zero-order valence-electron chi connectivity index (χ0n) is 12.7. The van der Waals surface area contributed by atoms with Crippen molar-refractivity contribution in [3.8, 4) is 0 Å². The Labute approximate surface area is 128 Å². The molecule has 0 bridgehead atoms. The summed E-state index contributed by atoms with van der Waals surface area (Å²) in [7, 11) is 0. The maximum atomic E-state index is 12.3. The second-order valence-corrected chi connectivity index (χ2v) is 5.59. The van der Waals surface area contributed by atoms with E-state index >= 15 is 0 Å². The van der Waals surface area contributed by atoms with E-state index in [2.05, 4.69) is 0 Å². The lowest BCUT2D eigenvalue weighted by atomic mass is 10.2. The topological polar surface area (TPSA) is 91.1 Å². The molecule has 22 heavy (non-hydrogen) atoms. The van der Waals surface area contributed by atoms with Crippen LogP contribution in [0.3, 0.4) is 0 Å². The first-order chi connectivity index (χ1) is 10.4. The fraction of sp³-hybridized carbons (Fsp3) is 0.533. The van der Waals surface area contributed by atoms with Crippen molar-refractivity contribution >= 4 is 17.8 Å². The number of aromatic carboxylic acids is 1. The molecule has 0 aliphatic carbocycles. The summed E-state index contributed by atoms with van der Waals surface area (Å²) in [6, 6.07) is 2.63. The number of furan rings is 1. The first-order valence-electron chi connectivity index (χ1n) is 7.31. The monoisotopic (exact) mass is 308 g/mol. The lowest BCUT2D eigenvalue weighted by Gasteiger charge is -2.23. The van der Waals surface area contributed by atoms with Crippen molar-refractivity contribution < 1.29 is 23.9 Å². The molecular formula is C15H20N2O5. The SMILES string of the molecule is CC(C)C(=O)N1CCCN(C(=O)c2ccc(C(=O)O)o2)CC1. The smallest absolute Gasteiger partial charge is 0.371 e. The summed E-state index contributed by atoms with van der Waals surface area (Å²) in [5.74, 6) is -1.77. The molecule has 2 amide bonds. The minimum absolute atomic E-state index is 0.0148. The molecule has 7 nitrogen and oxygen atoms in total. The van der Waals surface area contributed by atoms with Gasteiger partial charge < -0.3 is 19.3 Å². The Kier molecular flexibility index (Phi) is 4.85. The van der Waals surface area contributed by atoms with Crippen molar-refractivity contribution in [1.29, 1.82) is 0 Å². The van der Waals surface area contributed by atoms with Gasteiger partial charge in [0.05, 0.1) is 0 Å². The molecule has 7 heteroatoms. The third-order valence-corrected chi connectivity index (χ3v) is 3.62. The fourth-order valence-corrected chi connectivity index (χ4v) is 2.43. The maximum absolute atomic E-state index is 12.3. The van der Waals surface area contributed by atoms with Crippen molar-refractivity contribution in [2.24, 2.45) is 5.92 Å². The molecule has 1 fully saturated rings. The summed E-state index contributed by atoms with van der Waals surface area (Å²) in [6.45, 7) is 5.75. The van der Waals surface area contributed by atoms with Gasteiger partial charge in [-0.15, -0.1) is 0 Å². The van der Waals surface area contributed by atoms with E-state index in [1.54, 1.807) is 9.80 Å². The summed E-state index contributed by atoms with van der Waals surface area (Å²) in [5, 5.41) is 8.82. The zero-order valence-corrected chi connectivity index (χ0v) is 12.7.